The lowest BCUT2D eigenvalue weighted by atomic mass is 9.99. The lowest BCUT2D eigenvalue weighted by Gasteiger charge is -2.20. The van der Waals surface area contributed by atoms with E-state index in [0.29, 0.717) is 24.4 Å². The molecule has 0 fully saturated rings. The molecule has 0 saturated carbocycles. The number of hydrogen-bond donors (Lipinski definition) is 2. The second kappa shape index (κ2) is 4.74. The van der Waals surface area contributed by atoms with E-state index in [0.717, 1.165) is 22.2 Å². The maximum atomic E-state index is 11.7. The zero-order valence-corrected chi connectivity index (χ0v) is 13.3. The van der Waals surface area contributed by atoms with Crippen molar-refractivity contribution in [2.45, 2.75) is 19.9 Å². The fourth-order valence-electron chi connectivity index (χ4n) is 3.93. The second-order valence-electron chi connectivity index (χ2n) is 6.16. The predicted molar refractivity (Wildman–Crippen MR) is 87.9 cm³/mol. The third-order valence-corrected chi connectivity index (χ3v) is 5.05. The van der Waals surface area contributed by atoms with E-state index in [1.54, 1.807) is 6.92 Å². The summed E-state index contributed by atoms with van der Waals surface area (Å²) in [5, 5.41) is 20.1. The zero-order chi connectivity index (χ0) is 17.2. The maximum Gasteiger partial charge on any atom is 0.338 e. The van der Waals surface area contributed by atoms with Crippen LogP contribution in [0.15, 0.2) is 24.3 Å². The highest BCUT2D eigenvalue weighted by molar-refractivity contribution is 6.04. The van der Waals surface area contributed by atoms with E-state index in [-0.39, 0.29) is 11.1 Å². The molecule has 1 aliphatic rings. The van der Waals surface area contributed by atoms with Crippen LogP contribution in [0.4, 0.5) is 0 Å². The minimum Gasteiger partial charge on any atom is -0.478 e. The molecule has 6 nitrogen and oxygen atoms in total. The monoisotopic (exact) mass is 324 g/mol. The number of nitrogens with zero attached hydrogens (tertiary/aromatic N) is 2. The van der Waals surface area contributed by atoms with Gasteiger partial charge in [0.1, 0.15) is 0 Å². The van der Waals surface area contributed by atoms with Crippen molar-refractivity contribution in [2.75, 3.05) is 0 Å². The molecule has 0 atom stereocenters. The largest absolute Gasteiger partial charge is 0.478 e. The third-order valence-electron chi connectivity index (χ3n) is 5.05. The Balaban J connectivity index is 2.02. The molecule has 4 rings (SSSR count). The van der Waals surface area contributed by atoms with Gasteiger partial charge in [-0.3, -0.25) is 0 Å². The third kappa shape index (κ3) is 1.71. The number of rotatable bonds is 2. The highest BCUT2D eigenvalue weighted by Gasteiger charge is 2.33. The van der Waals surface area contributed by atoms with Gasteiger partial charge < -0.3 is 19.3 Å². The number of hydrogen-bond acceptors (Lipinski definition) is 2. The molecule has 24 heavy (non-hydrogen) atoms. The molecular weight excluding hydrogens is 308 g/mol. The van der Waals surface area contributed by atoms with Gasteiger partial charge in [-0.15, -0.1) is 0 Å². The highest BCUT2D eigenvalue weighted by Crippen LogP contribution is 2.36. The van der Waals surface area contributed by atoms with Gasteiger partial charge in [0, 0.05) is 41.5 Å². The summed E-state index contributed by atoms with van der Waals surface area (Å²) in [7, 11) is 1.99. The van der Waals surface area contributed by atoms with Gasteiger partial charge in [-0.2, -0.15) is 0 Å². The molecule has 0 saturated heterocycles. The van der Waals surface area contributed by atoms with Crippen LogP contribution in [0.2, 0.25) is 0 Å². The van der Waals surface area contributed by atoms with Crippen molar-refractivity contribution in [1.29, 1.82) is 0 Å². The molecule has 2 N–H and O–H groups in total. The molecule has 3 heterocycles. The van der Waals surface area contributed by atoms with Crippen molar-refractivity contribution in [2.24, 2.45) is 7.05 Å². The van der Waals surface area contributed by atoms with Crippen molar-refractivity contribution in [3.05, 3.63) is 58.0 Å². The van der Waals surface area contributed by atoms with E-state index in [2.05, 4.69) is 4.57 Å². The van der Waals surface area contributed by atoms with Crippen LogP contribution < -0.4 is 0 Å². The summed E-state index contributed by atoms with van der Waals surface area (Å²) in [5.74, 6) is -2.38. The second-order valence-corrected chi connectivity index (χ2v) is 6.16. The van der Waals surface area contributed by atoms with E-state index >= 15 is 0 Å². The van der Waals surface area contributed by atoms with Gasteiger partial charge in [0.05, 0.1) is 17.7 Å². The Morgan fingerprint density at radius 2 is 1.71 bits per heavy atom. The number of carboxylic acid groups (broad SMARTS) is 2. The number of fused-ring (bicyclic) bond motifs is 4. The Labute approximate surface area is 137 Å². The predicted octanol–water partition coefficient (Wildman–Crippen LogP) is 2.64. The molecular formula is C18H16N2O4. The van der Waals surface area contributed by atoms with Crippen molar-refractivity contribution >= 4 is 22.8 Å². The summed E-state index contributed by atoms with van der Waals surface area (Å²) in [4.78, 5) is 23.3. The first-order valence-electron chi connectivity index (χ1n) is 7.65. The number of aromatic carboxylic acids is 2. The van der Waals surface area contributed by atoms with Crippen LogP contribution in [0.25, 0.3) is 10.9 Å². The van der Waals surface area contributed by atoms with E-state index in [9.17, 15) is 19.8 Å². The number of aromatic nitrogens is 2. The lowest BCUT2D eigenvalue weighted by molar-refractivity contribution is 0.0651. The van der Waals surface area contributed by atoms with E-state index < -0.39 is 11.9 Å². The van der Waals surface area contributed by atoms with Gasteiger partial charge in [0.2, 0.25) is 0 Å². The van der Waals surface area contributed by atoms with Crippen LogP contribution in [0.1, 0.15) is 43.4 Å². The number of aryl methyl sites for hydroxylation is 1. The van der Waals surface area contributed by atoms with E-state index in [1.165, 1.54) is 0 Å². The normalized spacial score (nSPS) is 12.9. The summed E-state index contributed by atoms with van der Waals surface area (Å²) < 4.78 is 3.93. The first-order valence-corrected chi connectivity index (χ1v) is 7.65. The van der Waals surface area contributed by atoms with Crippen LogP contribution in [-0.4, -0.2) is 31.3 Å². The van der Waals surface area contributed by atoms with Gasteiger partial charge >= 0.3 is 11.9 Å². The summed E-state index contributed by atoms with van der Waals surface area (Å²) in [6.07, 6.45) is 0.423. The Kier molecular flexibility index (Phi) is 2.87. The number of benzene rings is 1. The molecule has 122 valence electrons. The van der Waals surface area contributed by atoms with Crippen molar-refractivity contribution in [3.63, 3.8) is 0 Å². The van der Waals surface area contributed by atoms with Crippen LogP contribution in [0.3, 0.4) is 0 Å². The van der Waals surface area contributed by atoms with E-state index in [1.807, 2.05) is 35.9 Å². The standard InChI is InChI=1S/C18H16N2O4/c1-9-15(17(21)22)16(18(23)24)13-7-11-10-5-3-4-6-12(10)19(2)14(11)8-20(9)13/h3-6H,7-8H2,1-2H3,(H,21,22)(H,23,24). The lowest BCUT2D eigenvalue weighted by Crippen LogP contribution is -2.18. The van der Waals surface area contributed by atoms with Crippen molar-refractivity contribution in [3.8, 4) is 0 Å². The highest BCUT2D eigenvalue weighted by atomic mass is 16.4. The molecule has 0 radical (unpaired) electrons. The molecule has 6 heteroatoms. The Morgan fingerprint density at radius 1 is 1.04 bits per heavy atom. The summed E-state index contributed by atoms with van der Waals surface area (Å²) in [6, 6.07) is 8.00. The van der Waals surface area contributed by atoms with Crippen LogP contribution in [0.5, 0.6) is 0 Å². The summed E-state index contributed by atoms with van der Waals surface area (Å²) >= 11 is 0. The average molecular weight is 324 g/mol. The van der Waals surface area contributed by atoms with Crippen LogP contribution >= 0.6 is 0 Å². The Morgan fingerprint density at radius 3 is 2.38 bits per heavy atom. The summed E-state index contributed by atoms with van der Waals surface area (Å²) in [5.41, 5.74) is 4.15. The molecule has 0 bridgehead atoms. The number of para-hydroxylation sites is 1. The molecule has 1 aromatic carbocycles. The number of carbonyl (C=O) groups is 2. The van der Waals surface area contributed by atoms with Crippen LogP contribution in [0, 0.1) is 6.92 Å². The minimum absolute atomic E-state index is 0.0846. The Bertz CT molecular complexity index is 1040. The molecule has 0 spiro atoms. The van der Waals surface area contributed by atoms with Gasteiger partial charge in [-0.25, -0.2) is 9.59 Å². The molecule has 0 unspecified atom stereocenters. The van der Waals surface area contributed by atoms with Gasteiger partial charge in [-0.05, 0) is 18.6 Å². The van der Waals surface area contributed by atoms with Gasteiger partial charge in [0.25, 0.3) is 0 Å². The Hall–Kier alpha value is -3.02. The number of carboxylic acids is 2. The fourth-order valence-corrected chi connectivity index (χ4v) is 3.93. The van der Waals surface area contributed by atoms with Crippen LogP contribution in [-0.2, 0) is 20.0 Å². The maximum absolute atomic E-state index is 11.7. The average Bonchev–Trinajstić information content (AvgIpc) is 3.00. The smallest absolute Gasteiger partial charge is 0.338 e. The van der Waals surface area contributed by atoms with Gasteiger partial charge in [-0.1, -0.05) is 18.2 Å². The zero-order valence-electron chi connectivity index (χ0n) is 13.3. The molecule has 0 amide bonds. The molecule has 1 aliphatic heterocycles. The fraction of sp³-hybridized carbons (Fsp3) is 0.222. The summed E-state index contributed by atoms with van der Waals surface area (Å²) in [6.45, 7) is 2.16. The van der Waals surface area contributed by atoms with Crippen molar-refractivity contribution < 1.29 is 19.8 Å². The van der Waals surface area contributed by atoms with Gasteiger partial charge in [0.15, 0.2) is 0 Å². The topological polar surface area (TPSA) is 84.5 Å². The first kappa shape index (κ1) is 14.6. The van der Waals surface area contributed by atoms with E-state index in [4.69, 9.17) is 0 Å². The molecule has 2 aromatic heterocycles. The molecule has 0 aliphatic carbocycles. The van der Waals surface area contributed by atoms with Crippen molar-refractivity contribution in [1.82, 2.24) is 9.13 Å². The SMILES string of the molecule is Cc1c(C(=O)O)c(C(=O)O)c2n1Cc1c(c3ccccc3n1C)C2. The quantitative estimate of drug-likeness (QED) is 0.593. The molecule has 3 aromatic rings. The first-order chi connectivity index (χ1) is 11.4. The minimum atomic E-state index is -1.19.